The number of nitrogens with zero attached hydrogens (tertiary/aromatic N) is 2. The van der Waals surface area contributed by atoms with E-state index in [0.29, 0.717) is 23.7 Å². The number of thioether (sulfide) groups is 1. The van der Waals surface area contributed by atoms with E-state index >= 15 is 0 Å². The number of rotatable bonds is 4. The van der Waals surface area contributed by atoms with E-state index in [1.807, 2.05) is 12.3 Å². The minimum atomic E-state index is -1.07. The minimum absolute atomic E-state index is 0.0763. The van der Waals surface area contributed by atoms with Crippen LogP contribution in [0.4, 0.5) is 19.3 Å². The van der Waals surface area contributed by atoms with Gasteiger partial charge in [-0.1, -0.05) is 12.2 Å². The van der Waals surface area contributed by atoms with Crippen molar-refractivity contribution in [2.45, 2.75) is 24.4 Å². The molecule has 1 aromatic carbocycles. The van der Waals surface area contributed by atoms with Gasteiger partial charge >= 0.3 is 6.09 Å². The first kappa shape index (κ1) is 17.9. The van der Waals surface area contributed by atoms with Gasteiger partial charge in [0.15, 0.2) is 0 Å². The lowest BCUT2D eigenvalue weighted by molar-refractivity contribution is 0.143. The van der Waals surface area contributed by atoms with E-state index < -0.39 is 29.2 Å². The number of hydrogen-bond donors (Lipinski definition) is 1. The number of ether oxygens (including phenoxy) is 1. The molecular formula is C16H15F2N3O2S2. The summed E-state index contributed by atoms with van der Waals surface area (Å²) in [5, 5.41) is 12.1. The van der Waals surface area contributed by atoms with E-state index in [9.17, 15) is 13.6 Å². The molecule has 5 nitrogen and oxygen atoms in total. The normalized spacial score (nSPS) is 20.8. The SMILES string of the molecule is CSC(=S)NC[C@H]1CN(c2cc(F)c(C3(C#N)CC3)c(F)c2)C(=O)O1. The highest BCUT2D eigenvalue weighted by molar-refractivity contribution is 8.22. The Kier molecular flexibility index (Phi) is 4.84. The number of carbonyl (C=O) groups excluding carboxylic acids is 1. The summed E-state index contributed by atoms with van der Waals surface area (Å²) in [6.45, 7) is 0.479. The molecule has 1 saturated heterocycles. The second-order valence-electron chi connectivity index (χ2n) is 5.97. The lowest BCUT2D eigenvalue weighted by Crippen LogP contribution is -2.32. The minimum Gasteiger partial charge on any atom is -0.442 e. The van der Waals surface area contributed by atoms with Gasteiger partial charge in [-0.3, -0.25) is 4.90 Å². The fourth-order valence-electron chi connectivity index (χ4n) is 2.82. The van der Waals surface area contributed by atoms with Crippen molar-refractivity contribution in [2.24, 2.45) is 0 Å². The third-order valence-electron chi connectivity index (χ3n) is 4.31. The van der Waals surface area contributed by atoms with Crippen molar-refractivity contribution in [3.63, 3.8) is 0 Å². The quantitative estimate of drug-likeness (QED) is 0.806. The van der Waals surface area contributed by atoms with Gasteiger partial charge in [-0.25, -0.2) is 13.6 Å². The van der Waals surface area contributed by atoms with Crippen LogP contribution in [0.1, 0.15) is 18.4 Å². The zero-order valence-electron chi connectivity index (χ0n) is 13.3. The Bertz CT molecular complexity index is 754. The van der Waals surface area contributed by atoms with Crippen LogP contribution in [0.5, 0.6) is 0 Å². The molecule has 9 heteroatoms. The van der Waals surface area contributed by atoms with E-state index in [1.54, 1.807) is 0 Å². The third-order valence-corrected chi connectivity index (χ3v) is 5.47. The van der Waals surface area contributed by atoms with Crippen LogP contribution in [-0.4, -0.2) is 35.9 Å². The second kappa shape index (κ2) is 6.77. The van der Waals surface area contributed by atoms with Crippen LogP contribution in [0.15, 0.2) is 12.1 Å². The summed E-state index contributed by atoms with van der Waals surface area (Å²) in [5.41, 5.74) is -1.21. The molecule has 1 aliphatic heterocycles. The monoisotopic (exact) mass is 383 g/mol. The van der Waals surface area contributed by atoms with Gasteiger partial charge in [0.05, 0.1) is 30.3 Å². The summed E-state index contributed by atoms with van der Waals surface area (Å²) in [6, 6.07) is 4.15. The summed E-state index contributed by atoms with van der Waals surface area (Å²) in [4.78, 5) is 13.2. The molecule has 1 N–H and O–H groups in total. The van der Waals surface area contributed by atoms with Crippen molar-refractivity contribution in [1.29, 1.82) is 5.26 Å². The van der Waals surface area contributed by atoms with Crippen LogP contribution in [-0.2, 0) is 10.2 Å². The molecule has 0 radical (unpaired) electrons. The standard InChI is InChI=1S/C16H15F2N3O2S2/c1-25-14(24)20-6-10-7-21(15(22)23-10)9-4-11(17)13(12(18)5-9)16(8-19)2-3-16/h4-5,10H,2-3,6-7H2,1H3,(H,20,24)/t10-/m0/s1. The van der Waals surface area contributed by atoms with E-state index in [4.69, 9.17) is 22.2 Å². The molecule has 0 bridgehead atoms. The molecule has 1 saturated carbocycles. The Balaban J connectivity index is 1.77. The molecule has 0 spiro atoms. The van der Waals surface area contributed by atoms with Gasteiger partial charge in [0.1, 0.15) is 22.1 Å². The Morgan fingerprint density at radius 1 is 1.52 bits per heavy atom. The number of nitriles is 1. The maximum absolute atomic E-state index is 14.4. The fourth-order valence-corrected chi connectivity index (χ4v) is 3.13. The second-order valence-corrected chi connectivity index (χ2v) is 7.45. The molecule has 132 valence electrons. The van der Waals surface area contributed by atoms with E-state index in [2.05, 4.69) is 5.32 Å². The molecule has 3 rings (SSSR count). The summed E-state index contributed by atoms with van der Waals surface area (Å²) in [6.07, 6.45) is 1.55. The van der Waals surface area contributed by atoms with Crippen LogP contribution < -0.4 is 10.2 Å². The van der Waals surface area contributed by atoms with Gasteiger partial charge in [-0.05, 0) is 31.2 Å². The van der Waals surface area contributed by atoms with Gasteiger partial charge < -0.3 is 10.1 Å². The van der Waals surface area contributed by atoms with Crippen molar-refractivity contribution in [3.8, 4) is 6.07 Å². The van der Waals surface area contributed by atoms with E-state index in [1.165, 1.54) is 16.7 Å². The van der Waals surface area contributed by atoms with Crippen LogP contribution in [0, 0.1) is 23.0 Å². The molecule has 25 heavy (non-hydrogen) atoms. The number of anilines is 1. The Morgan fingerprint density at radius 2 is 2.16 bits per heavy atom. The number of cyclic esters (lactones) is 1. The number of carbonyl (C=O) groups is 1. The Labute approximate surface area is 153 Å². The molecule has 1 atom stereocenters. The highest BCUT2D eigenvalue weighted by Crippen LogP contribution is 2.50. The molecule has 1 aliphatic carbocycles. The highest BCUT2D eigenvalue weighted by atomic mass is 32.2. The van der Waals surface area contributed by atoms with Gasteiger partial charge in [0.25, 0.3) is 0 Å². The van der Waals surface area contributed by atoms with Crippen molar-refractivity contribution in [2.75, 3.05) is 24.2 Å². The third kappa shape index (κ3) is 3.41. The first-order valence-corrected chi connectivity index (χ1v) is 9.24. The maximum Gasteiger partial charge on any atom is 0.414 e. The predicted molar refractivity (Wildman–Crippen MR) is 94.6 cm³/mol. The number of hydrogen-bond acceptors (Lipinski definition) is 5. The van der Waals surface area contributed by atoms with E-state index in [-0.39, 0.29) is 17.8 Å². The molecule has 1 heterocycles. The molecule has 2 fully saturated rings. The Morgan fingerprint density at radius 3 is 2.68 bits per heavy atom. The number of amides is 1. The van der Waals surface area contributed by atoms with Crippen molar-refractivity contribution in [1.82, 2.24) is 5.32 Å². The average Bonchev–Trinajstić information content (AvgIpc) is 3.27. The zero-order valence-corrected chi connectivity index (χ0v) is 15.0. The summed E-state index contributed by atoms with van der Waals surface area (Å²) in [5.74, 6) is -1.63. The summed E-state index contributed by atoms with van der Waals surface area (Å²) < 4.78 is 34.6. The van der Waals surface area contributed by atoms with Gasteiger partial charge in [0, 0.05) is 5.56 Å². The van der Waals surface area contributed by atoms with Crippen molar-refractivity contribution < 1.29 is 18.3 Å². The topological polar surface area (TPSA) is 65.4 Å². The van der Waals surface area contributed by atoms with Crippen LogP contribution in [0.2, 0.25) is 0 Å². The fraction of sp³-hybridized carbons (Fsp3) is 0.438. The van der Waals surface area contributed by atoms with Crippen LogP contribution >= 0.6 is 24.0 Å². The smallest absolute Gasteiger partial charge is 0.414 e. The van der Waals surface area contributed by atoms with Gasteiger partial charge in [0.2, 0.25) is 0 Å². The van der Waals surface area contributed by atoms with Crippen molar-refractivity contribution >= 4 is 40.1 Å². The summed E-state index contributed by atoms with van der Waals surface area (Å²) >= 11 is 6.38. The van der Waals surface area contributed by atoms with E-state index in [0.717, 1.165) is 12.1 Å². The zero-order chi connectivity index (χ0) is 18.2. The molecule has 2 aliphatic rings. The van der Waals surface area contributed by atoms with Crippen molar-refractivity contribution in [3.05, 3.63) is 29.3 Å². The molecule has 1 amide bonds. The molecule has 0 aromatic heterocycles. The van der Waals surface area contributed by atoms with Gasteiger partial charge in [-0.15, -0.1) is 11.8 Å². The van der Waals surface area contributed by atoms with Crippen LogP contribution in [0.25, 0.3) is 0 Å². The maximum atomic E-state index is 14.4. The molecule has 0 unspecified atom stereocenters. The number of benzene rings is 1. The lowest BCUT2D eigenvalue weighted by Gasteiger charge is -2.16. The summed E-state index contributed by atoms with van der Waals surface area (Å²) in [7, 11) is 0. The van der Waals surface area contributed by atoms with Crippen LogP contribution in [0.3, 0.4) is 0 Å². The number of halogens is 2. The highest BCUT2D eigenvalue weighted by Gasteiger charge is 2.49. The Hall–Kier alpha value is -1.92. The first-order chi connectivity index (χ1) is 11.9. The average molecular weight is 383 g/mol. The van der Waals surface area contributed by atoms with Gasteiger partial charge in [-0.2, -0.15) is 5.26 Å². The number of thiocarbonyl (C=S) groups is 1. The largest absolute Gasteiger partial charge is 0.442 e. The lowest BCUT2D eigenvalue weighted by atomic mass is 9.96. The first-order valence-electron chi connectivity index (χ1n) is 7.61. The number of nitrogens with one attached hydrogen (secondary N) is 1. The molecule has 1 aromatic rings. The predicted octanol–water partition coefficient (Wildman–Crippen LogP) is 3.08. The molecular weight excluding hydrogens is 368 g/mol.